The zero-order valence-corrected chi connectivity index (χ0v) is 18.0. The van der Waals surface area contributed by atoms with Crippen molar-refractivity contribution in [1.82, 2.24) is 14.8 Å². The van der Waals surface area contributed by atoms with E-state index in [2.05, 4.69) is 10.1 Å². The standard InChI is InChI=1S/C20H27N3O5S/c1-20(2,29(25,26)16-9-11-28-12-10-16)17(24)13-18-21-19(22-23(18)3)14-5-7-15(27-4)8-6-14/h5-8,16H,9-13H2,1-4H3. The first-order chi connectivity index (χ1) is 13.7. The zero-order valence-electron chi connectivity index (χ0n) is 17.2. The minimum absolute atomic E-state index is 0.102. The maximum absolute atomic E-state index is 13.1. The van der Waals surface area contributed by atoms with Gasteiger partial charge >= 0.3 is 0 Å². The van der Waals surface area contributed by atoms with E-state index in [0.29, 0.717) is 37.7 Å². The summed E-state index contributed by atoms with van der Waals surface area (Å²) in [5.74, 6) is 1.24. The number of rotatable bonds is 7. The molecule has 1 fully saturated rings. The molecule has 0 aliphatic carbocycles. The second-order valence-corrected chi connectivity index (χ2v) is 10.4. The average molecular weight is 422 g/mol. The largest absolute Gasteiger partial charge is 0.497 e. The minimum atomic E-state index is -3.65. The first kappa shape index (κ1) is 21.4. The van der Waals surface area contributed by atoms with Gasteiger partial charge in [0.25, 0.3) is 0 Å². The maximum Gasteiger partial charge on any atom is 0.181 e. The summed E-state index contributed by atoms with van der Waals surface area (Å²) in [6, 6.07) is 7.28. The molecule has 9 heteroatoms. The Balaban J connectivity index is 1.80. The van der Waals surface area contributed by atoms with Gasteiger partial charge in [-0.15, -0.1) is 0 Å². The van der Waals surface area contributed by atoms with Gasteiger partial charge in [-0.05, 0) is 51.0 Å². The van der Waals surface area contributed by atoms with Gasteiger partial charge in [0.15, 0.2) is 21.4 Å². The minimum Gasteiger partial charge on any atom is -0.497 e. The molecule has 2 aromatic rings. The third-order valence-electron chi connectivity index (χ3n) is 5.51. The zero-order chi connectivity index (χ0) is 21.2. The van der Waals surface area contributed by atoms with E-state index < -0.39 is 19.8 Å². The number of Topliss-reactive ketones (excluding diaryl/α,β-unsaturated/α-hetero) is 1. The molecule has 0 unspecified atom stereocenters. The number of ether oxygens (including phenoxy) is 2. The van der Waals surface area contributed by atoms with Crippen molar-refractivity contribution in [2.24, 2.45) is 7.05 Å². The summed E-state index contributed by atoms with van der Waals surface area (Å²) in [5, 5.41) is 3.82. The molecule has 0 radical (unpaired) electrons. The van der Waals surface area contributed by atoms with E-state index in [1.165, 1.54) is 18.5 Å². The third-order valence-corrected chi connectivity index (χ3v) is 8.51. The van der Waals surface area contributed by atoms with Gasteiger partial charge in [0.2, 0.25) is 0 Å². The van der Waals surface area contributed by atoms with Crippen LogP contribution in [0.2, 0.25) is 0 Å². The lowest BCUT2D eigenvalue weighted by Gasteiger charge is -2.31. The summed E-state index contributed by atoms with van der Waals surface area (Å²) in [7, 11) is -0.360. The Morgan fingerprint density at radius 2 is 1.86 bits per heavy atom. The summed E-state index contributed by atoms with van der Waals surface area (Å²) < 4.78 is 36.6. The molecule has 0 N–H and O–H groups in total. The van der Waals surface area contributed by atoms with E-state index in [1.54, 1.807) is 26.3 Å². The lowest BCUT2D eigenvalue weighted by Crippen LogP contribution is -2.48. The van der Waals surface area contributed by atoms with E-state index >= 15 is 0 Å². The highest BCUT2D eigenvalue weighted by molar-refractivity contribution is 7.94. The van der Waals surface area contributed by atoms with Crippen LogP contribution < -0.4 is 4.74 Å². The van der Waals surface area contributed by atoms with Crippen LogP contribution in [0.5, 0.6) is 5.75 Å². The highest BCUT2D eigenvalue weighted by Crippen LogP contribution is 2.29. The topological polar surface area (TPSA) is 100 Å². The molecule has 0 spiro atoms. The number of aromatic nitrogens is 3. The number of benzene rings is 1. The van der Waals surface area contributed by atoms with Crippen LogP contribution in [0.3, 0.4) is 0 Å². The SMILES string of the molecule is COc1ccc(-c2nc(CC(=O)C(C)(C)S(=O)(=O)C3CCOCC3)n(C)n2)cc1. The molecule has 29 heavy (non-hydrogen) atoms. The number of ketones is 1. The van der Waals surface area contributed by atoms with Gasteiger partial charge in [-0.2, -0.15) is 5.10 Å². The fourth-order valence-corrected chi connectivity index (χ4v) is 5.39. The molecule has 0 amide bonds. The Morgan fingerprint density at radius 1 is 1.24 bits per heavy atom. The second-order valence-electron chi connectivity index (χ2n) is 7.67. The molecule has 0 atom stereocenters. The predicted octanol–water partition coefficient (Wildman–Crippen LogP) is 1.97. The number of nitrogens with zero attached hydrogens (tertiary/aromatic N) is 3. The summed E-state index contributed by atoms with van der Waals surface area (Å²) in [6.07, 6.45) is 0.740. The van der Waals surface area contributed by atoms with E-state index in [-0.39, 0.29) is 12.2 Å². The van der Waals surface area contributed by atoms with Crippen LogP contribution >= 0.6 is 0 Å². The second kappa shape index (κ2) is 8.23. The first-order valence-electron chi connectivity index (χ1n) is 9.55. The highest BCUT2D eigenvalue weighted by Gasteiger charge is 2.46. The Kier molecular flexibility index (Phi) is 6.09. The number of hydrogen-bond donors (Lipinski definition) is 0. The van der Waals surface area contributed by atoms with Gasteiger partial charge in [0.1, 0.15) is 16.3 Å². The van der Waals surface area contributed by atoms with Crippen LogP contribution in [0.1, 0.15) is 32.5 Å². The summed E-state index contributed by atoms with van der Waals surface area (Å²) in [4.78, 5) is 17.5. The number of aryl methyl sites for hydroxylation is 1. The van der Waals surface area contributed by atoms with E-state index in [9.17, 15) is 13.2 Å². The third kappa shape index (κ3) is 4.20. The van der Waals surface area contributed by atoms with Gasteiger partial charge in [-0.3, -0.25) is 9.48 Å². The fraction of sp³-hybridized carbons (Fsp3) is 0.550. The molecule has 158 valence electrons. The normalized spacial score (nSPS) is 16.0. The molecule has 1 aliphatic rings. The molecule has 0 saturated carbocycles. The molecule has 2 heterocycles. The van der Waals surface area contributed by atoms with Gasteiger partial charge in [0, 0.05) is 25.8 Å². The molecule has 1 saturated heterocycles. The van der Waals surface area contributed by atoms with Crippen molar-refractivity contribution >= 4 is 15.6 Å². The van der Waals surface area contributed by atoms with Crippen molar-refractivity contribution in [2.75, 3.05) is 20.3 Å². The Morgan fingerprint density at radius 3 is 2.45 bits per heavy atom. The number of methoxy groups -OCH3 is 1. The molecule has 1 aromatic heterocycles. The van der Waals surface area contributed by atoms with E-state index in [4.69, 9.17) is 9.47 Å². The monoisotopic (exact) mass is 421 g/mol. The van der Waals surface area contributed by atoms with Crippen molar-refractivity contribution in [3.63, 3.8) is 0 Å². The van der Waals surface area contributed by atoms with Crippen LogP contribution in [0.25, 0.3) is 11.4 Å². The van der Waals surface area contributed by atoms with Gasteiger partial charge < -0.3 is 9.47 Å². The molecule has 1 aromatic carbocycles. The van der Waals surface area contributed by atoms with Crippen molar-refractivity contribution in [3.8, 4) is 17.1 Å². The maximum atomic E-state index is 13.1. The Labute approximate surface area is 171 Å². The Hall–Kier alpha value is -2.26. The van der Waals surface area contributed by atoms with Crippen LogP contribution in [-0.2, 0) is 32.8 Å². The predicted molar refractivity (Wildman–Crippen MR) is 109 cm³/mol. The van der Waals surface area contributed by atoms with Crippen molar-refractivity contribution in [1.29, 1.82) is 0 Å². The highest BCUT2D eigenvalue weighted by atomic mass is 32.2. The number of carbonyl (C=O) groups excluding carboxylic acids is 1. The Bertz CT molecular complexity index is 974. The summed E-state index contributed by atoms with van der Waals surface area (Å²) in [5.41, 5.74) is 0.786. The first-order valence-corrected chi connectivity index (χ1v) is 11.1. The molecule has 3 rings (SSSR count). The number of hydrogen-bond acceptors (Lipinski definition) is 7. The fourth-order valence-electron chi connectivity index (χ4n) is 3.35. The van der Waals surface area contributed by atoms with E-state index in [0.717, 1.165) is 11.3 Å². The van der Waals surface area contributed by atoms with Crippen LogP contribution in [0, 0.1) is 0 Å². The molecule has 0 bridgehead atoms. The lowest BCUT2D eigenvalue weighted by atomic mass is 10.1. The van der Waals surface area contributed by atoms with E-state index in [1.807, 2.05) is 12.1 Å². The number of carbonyl (C=O) groups is 1. The number of sulfone groups is 1. The smallest absolute Gasteiger partial charge is 0.181 e. The van der Waals surface area contributed by atoms with Gasteiger partial charge in [-0.25, -0.2) is 13.4 Å². The average Bonchev–Trinajstić information content (AvgIpc) is 3.08. The lowest BCUT2D eigenvalue weighted by molar-refractivity contribution is -0.120. The summed E-state index contributed by atoms with van der Waals surface area (Å²) in [6.45, 7) is 3.78. The van der Waals surface area contributed by atoms with Crippen molar-refractivity contribution < 1.29 is 22.7 Å². The molecule has 8 nitrogen and oxygen atoms in total. The van der Waals surface area contributed by atoms with Gasteiger partial charge in [0.05, 0.1) is 18.8 Å². The molecular formula is C20H27N3O5S. The van der Waals surface area contributed by atoms with Crippen LogP contribution in [0.15, 0.2) is 24.3 Å². The summed E-state index contributed by atoms with van der Waals surface area (Å²) >= 11 is 0. The quantitative estimate of drug-likeness (QED) is 0.674. The van der Waals surface area contributed by atoms with Crippen molar-refractivity contribution in [2.45, 2.75) is 43.1 Å². The molecule has 1 aliphatic heterocycles. The van der Waals surface area contributed by atoms with Crippen LogP contribution in [-0.4, -0.2) is 59.3 Å². The van der Waals surface area contributed by atoms with Crippen LogP contribution in [0.4, 0.5) is 0 Å². The molecular weight excluding hydrogens is 394 g/mol. The van der Waals surface area contributed by atoms with Gasteiger partial charge in [-0.1, -0.05) is 0 Å². The van der Waals surface area contributed by atoms with Crippen molar-refractivity contribution in [3.05, 3.63) is 30.1 Å².